The minimum atomic E-state index is -0.674. The maximum atomic E-state index is 11.0. The predicted molar refractivity (Wildman–Crippen MR) is 40.3 cm³/mol. The molecule has 0 spiro atoms. The third-order valence-corrected chi connectivity index (χ3v) is 1.78. The van der Waals surface area contributed by atoms with Crippen molar-refractivity contribution in [2.75, 3.05) is 6.61 Å². The fourth-order valence-electron chi connectivity index (χ4n) is 1.10. The Morgan fingerprint density at radius 3 is 2.83 bits per heavy atom. The monoisotopic (exact) mass is 172 g/mol. The molecule has 1 saturated heterocycles. The molecule has 0 aromatic heterocycles. The first-order valence-corrected chi connectivity index (χ1v) is 4.02. The lowest BCUT2D eigenvalue weighted by molar-refractivity contribution is -0.161. The van der Waals surface area contributed by atoms with Crippen LogP contribution < -0.4 is 0 Å². The smallest absolute Gasteiger partial charge is 0.347 e. The van der Waals surface area contributed by atoms with Crippen LogP contribution >= 0.6 is 0 Å². The summed E-state index contributed by atoms with van der Waals surface area (Å²) in [6.45, 7) is 3.78. The molecule has 0 amide bonds. The molecule has 0 N–H and O–H groups in total. The van der Waals surface area contributed by atoms with Crippen LogP contribution in [-0.4, -0.2) is 24.6 Å². The van der Waals surface area contributed by atoms with E-state index in [1.54, 1.807) is 13.8 Å². The number of rotatable bonds is 2. The molecule has 1 aliphatic rings. The van der Waals surface area contributed by atoms with Crippen LogP contribution in [-0.2, 0) is 19.1 Å². The van der Waals surface area contributed by atoms with E-state index in [-0.39, 0.29) is 11.9 Å². The van der Waals surface area contributed by atoms with Gasteiger partial charge in [-0.2, -0.15) is 0 Å². The van der Waals surface area contributed by atoms with E-state index in [4.69, 9.17) is 9.47 Å². The van der Waals surface area contributed by atoms with Crippen molar-refractivity contribution in [1.29, 1.82) is 0 Å². The highest BCUT2D eigenvalue weighted by molar-refractivity contribution is 5.83. The van der Waals surface area contributed by atoms with Gasteiger partial charge in [-0.1, -0.05) is 6.92 Å². The van der Waals surface area contributed by atoms with Gasteiger partial charge in [0.25, 0.3) is 0 Å². The van der Waals surface area contributed by atoms with E-state index >= 15 is 0 Å². The highest BCUT2D eigenvalue weighted by Crippen LogP contribution is 2.21. The maximum Gasteiger partial charge on any atom is 0.347 e. The molecule has 0 radical (unpaired) electrons. The molecule has 1 rings (SSSR count). The standard InChI is InChI=1S/C8H12O4/c1-3-11-8(10)6-4-5(2)7(9)12-6/h5-6H,3-4H2,1-2H3/t5-,6+/m0/s1. The van der Waals surface area contributed by atoms with Crippen LogP contribution in [0.4, 0.5) is 0 Å². The number of ether oxygens (including phenoxy) is 2. The molecule has 68 valence electrons. The van der Waals surface area contributed by atoms with Gasteiger partial charge in [0.05, 0.1) is 12.5 Å². The molecule has 12 heavy (non-hydrogen) atoms. The van der Waals surface area contributed by atoms with Gasteiger partial charge in [0.2, 0.25) is 0 Å². The summed E-state index contributed by atoms with van der Waals surface area (Å²) in [5.41, 5.74) is 0. The summed E-state index contributed by atoms with van der Waals surface area (Å²) in [5, 5.41) is 0. The lowest BCUT2D eigenvalue weighted by Crippen LogP contribution is -2.22. The van der Waals surface area contributed by atoms with Gasteiger partial charge in [-0.3, -0.25) is 4.79 Å². The molecule has 0 aromatic rings. The molecule has 0 bridgehead atoms. The molecule has 1 aliphatic heterocycles. The fraction of sp³-hybridized carbons (Fsp3) is 0.750. The summed E-state index contributed by atoms with van der Waals surface area (Å²) in [7, 11) is 0. The van der Waals surface area contributed by atoms with Gasteiger partial charge in [0, 0.05) is 6.42 Å². The molecule has 1 heterocycles. The fourth-order valence-corrected chi connectivity index (χ4v) is 1.10. The Hall–Kier alpha value is -1.06. The maximum absolute atomic E-state index is 11.0. The van der Waals surface area contributed by atoms with Crippen molar-refractivity contribution in [3.63, 3.8) is 0 Å². The zero-order valence-electron chi connectivity index (χ0n) is 7.20. The van der Waals surface area contributed by atoms with Gasteiger partial charge in [0.15, 0.2) is 6.10 Å². The number of esters is 2. The first-order chi connectivity index (χ1) is 5.65. The Labute approximate surface area is 70.8 Å². The van der Waals surface area contributed by atoms with Gasteiger partial charge in [-0.25, -0.2) is 4.79 Å². The predicted octanol–water partition coefficient (Wildman–Crippen LogP) is 0.501. The first-order valence-electron chi connectivity index (χ1n) is 4.02. The lowest BCUT2D eigenvalue weighted by Gasteiger charge is -2.06. The number of carbonyl (C=O) groups is 2. The van der Waals surface area contributed by atoms with Crippen LogP contribution in [0.15, 0.2) is 0 Å². The van der Waals surface area contributed by atoms with E-state index in [0.717, 1.165) is 0 Å². The van der Waals surface area contributed by atoms with Crippen LogP contribution in [0, 0.1) is 5.92 Å². The minimum Gasteiger partial charge on any atom is -0.463 e. The molecule has 2 atom stereocenters. The highest BCUT2D eigenvalue weighted by Gasteiger charge is 2.36. The zero-order valence-corrected chi connectivity index (χ0v) is 7.20. The molecule has 0 saturated carbocycles. The van der Waals surface area contributed by atoms with Gasteiger partial charge >= 0.3 is 11.9 Å². The van der Waals surface area contributed by atoms with Crippen LogP contribution in [0.5, 0.6) is 0 Å². The summed E-state index contributed by atoms with van der Waals surface area (Å²) in [5.74, 6) is -0.928. The second-order valence-corrected chi connectivity index (χ2v) is 2.81. The van der Waals surface area contributed by atoms with Crippen molar-refractivity contribution in [3.8, 4) is 0 Å². The van der Waals surface area contributed by atoms with E-state index in [1.165, 1.54) is 0 Å². The van der Waals surface area contributed by atoms with Crippen molar-refractivity contribution in [2.24, 2.45) is 5.92 Å². The van der Waals surface area contributed by atoms with Gasteiger partial charge < -0.3 is 9.47 Å². The quantitative estimate of drug-likeness (QED) is 0.569. The molecular formula is C8H12O4. The number of carbonyl (C=O) groups excluding carboxylic acids is 2. The summed E-state index contributed by atoms with van der Waals surface area (Å²) in [6, 6.07) is 0. The third kappa shape index (κ3) is 1.75. The lowest BCUT2D eigenvalue weighted by atomic mass is 10.1. The summed E-state index contributed by atoms with van der Waals surface area (Å²) < 4.78 is 9.48. The highest BCUT2D eigenvalue weighted by atomic mass is 16.6. The molecular weight excluding hydrogens is 160 g/mol. The Balaban J connectivity index is 2.46. The van der Waals surface area contributed by atoms with Crippen LogP contribution in [0.2, 0.25) is 0 Å². The van der Waals surface area contributed by atoms with Crippen LogP contribution in [0.25, 0.3) is 0 Å². The first kappa shape index (κ1) is 9.03. The second kappa shape index (κ2) is 3.56. The van der Waals surface area contributed by atoms with Gasteiger partial charge in [-0.05, 0) is 6.92 Å². The van der Waals surface area contributed by atoms with Crippen LogP contribution in [0.1, 0.15) is 20.3 Å². The number of hydrogen-bond donors (Lipinski definition) is 0. The van der Waals surface area contributed by atoms with Crippen molar-refractivity contribution in [1.82, 2.24) is 0 Å². The summed E-state index contributed by atoms with van der Waals surface area (Å²) in [4.78, 5) is 21.9. The largest absolute Gasteiger partial charge is 0.463 e. The van der Waals surface area contributed by atoms with Crippen molar-refractivity contribution < 1.29 is 19.1 Å². The van der Waals surface area contributed by atoms with E-state index in [2.05, 4.69) is 0 Å². The van der Waals surface area contributed by atoms with Crippen molar-refractivity contribution in [3.05, 3.63) is 0 Å². The number of cyclic esters (lactones) is 1. The SMILES string of the molecule is CCOC(=O)[C@H]1C[C@H](C)C(=O)O1. The Kier molecular flexibility index (Phi) is 2.68. The molecule has 0 aromatic carbocycles. The van der Waals surface area contributed by atoms with Gasteiger partial charge in [-0.15, -0.1) is 0 Å². The van der Waals surface area contributed by atoms with Crippen molar-refractivity contribution >= 4 is 11.9 Å². The van der Waals surface area contributed by atoms with E-state index < -0.39 is 12.1 Å². The van der Waals surface area contributed by atoms with Crippen LogP contribution in [0.3, 0.4) is 0 Å². The van der Waals surface area contributed by atoms with Gasteiger partial charge in [0.1, 0.15) is 0 Å². The molecule has 0 aliphatic carbocycles. The average molecular weight is 172 g/mol. The summed E-state index contributed by atoms with van der Waals surface area (Å²) >= 11 is 0. The van der Waals surface area contributed by atoms with Crippen molar-refractivity contribution in [2.45, 2.75) is 26.4 Å². The average Bonchev–Trinajstić information content (AvgIpc) is 2.33. The molecule has 4 nitrogen and oxygen atoms in total. The van der Waals surface area contributed by atoms with E-state index in [0.29, 0.717) is 13.0 Å². The summed E-state index contributed by atoms with van der Waals surface area (Å²) in [6.07, 6.45) is -0.232. The molecule has 4 heteroatoms. The zero-order chi connectivity index (χ0) is 9.14. The topological polar surface area (TPSA) is 52.6 Å². The Morgan fingerprint density at radius 2 is 2.42 bits per heavy atom. The minimum absolute atomic E-state index is 0.181. The van der Waals surface area contributed by atoms with E-state index in [9.17, 15) is 9.59 Å². The molecule has 1 fully saturated rings. The van der Waals surface area contributed by atoms with E-state index in [1.807, 2.05) is 0 Å². The third-order valence-electron chi connectivity index (χ3n) is 1.78. The Morgan fingerprint density at radius 1 is 1.75 bits per heavy atom. The number of hydrogen-bond acceptors (Lipinski definition) is 4. The molecule has 0 unspecified atom stereocenters. The normalized spacial score (nSPS) is 28.3. The second-order valence-electron chi connectivity index (χ2n) is 2.81. The Bertz CT molecular complexity index is 199.